The highest BCUT2D eigenvalue weighted by Gasteiger charge is 2.17. The van der Waals surface area contributed by atoms with Gasteiger partial charge in [0.15, 0.2) is 5.82 Å². The molecular formula is C15H17N5O2. The third-order valence-electron chi connectivity index (χ3n) is 3.08. The molecule has 0 fully saturated rings. The van der Waals surface area contributed by atoms with Gasteiger partial charge in [0.25, 0.3) is 0 Å². The highest BCUT2D eigenvalue weighted by molar-refractivity contribution is 5.74. The van der Waals surface area contributed by atoms with Crippen LogP contribution in [0.15, 0.2) is 28.8 Å². The highest BCUT2D eigenvalue weighted by Crippen LogP contribution is 2.12. The SMILES string of the molecule is CCC(NC(=O)NCc1cccc(C#N)c1)c1noc(C)n1. The van der Waals surface area contributed by atoms with E-state index in [2.05, 4.69) is 26.8 Å². The summed E-state index contributed by atoms with van der Waals surface area (Å²) in [5.41, 5.74) is 1.42. The number of nitrogens with zero attached hydrogens (tertiary/aromatic N) is 3. The van der Waals surface area contributed by atoms with Crippen molar-refractivity contribution in [3.63, 3.8) is 0 Å². The number of hydrogen-bond acceptors (Lipinski definition) is 5. The maximum atomic E-state index is 11.9. The molecule has 0 saturated heterocycles. The van der Waals surface area contributed by atoms with E-state index in [1.54, 1.807) is 25.1 Å². The van der Waals surface area contributed by atoms with Gasteiger partial charge >= 0.3 is 6.03 Å². The summed E-state index contributed by atoms with van der Waals surface area (Å²) in [5.74, 6) is 0.922. The first-order chi connectivity index (χ1) is 10.6. The molecule has 1 aromatic carbocycles. The molecule has 0 saturated carbocycles. The van der Waals surface area contributed by atoms with E-state index in [0.717, 1.165) is 5.56 Å². The molecule has 7 heteroatoms. The molecule has 2 N–H and O–H groups in total. The number of carbonyl (C=O) groups excluding carboxylic acids is 1. The van der Waals surface area contributed by atoms with Crippen LogP contribution in [0.5, 0.6) is 0 Å². The van der Waals surface area contributed by atoms with Crippen molar-refractivity contribution in [2.24, 2.45) is 0 Å². The fraction of sp³-hybridized carbons (Fsp3) is 0.333. The molecule has 1 heterocycles. The van der Waals surface area contributed by atoms with E-state index >= 15 is 0 Å². The Kier molecular flexibility index (Phi) is 5.09. The third kappa shape index (κ3) is 4.06. The zero-order valence-corrected chi connectivity index (χ0v) is 12.5. The zero-order valence-electron chi connectivity index (χ0n) is 12.5. The topological polar surface area (TPSA) is 104 Å². The molecule has 1 unspecified atom stereocenters. The van der Waals surface area contributed by atoms with Crippen molar-refractivity contribution in [1.82, 2.24) is 20.8 Å². The van der Waals surface area contributed by atoms with Crippen LogP contribution < -0.4 is 10.6 Å². The van der Waals surface area contributed by atoms with Crippen molar-refractivity contribution in [3.8, 4) is 6.07 Å². The second-order valence-corrected chi connectivity index (χ2v) is 4.77. The zero-order chi connectivity index (χ0) is 15.9. The minimum absolute atomic E-state index is 0.303. The molecule has 2 aromatic rings. The van der Waals surface area contributed by atoms with Crippen LogP contribution in [0.25, 0.3) is 0 Å². The van der Waals surface area contributed by atoms with E-state index in [-0.39, 0.29) is 12.1 Å². The first-order valence-corrected chi connectivity index (χ1v) is 6.96. The first-order valence-electron chi connectivity index (χ1n) is 6.96. The van der Waals surface area contributed by atoms with E-state index < -0.39 is 0 Å². The number of amides is 2. The lowest BCUT2D eigenvalue weighted by molar-refractivity contribution is 0.235. The van der Waals surface area contributed by atoms with E-state index in [4.69, 9.17) is 9.78 Å². The summed E-state index contributed by atoms with van der Waals surface area (Å²) in [7, 11) is 0. The van der Waals surface area contributed by atoms with E-state index in [1.165, 1.54) is 0 Å². The van der Waals surface area contributed by atoms with Gasteiger partial charge in [-0.3, -0.25) is 0 Å². The van der Waals surface area contributed by atoms with Gasteiger partial charge in [0, 0.05) is 13.5 Å². The molecule has 0 aliphatic carbocycles. The monoisotopic (exact) mass is 299 g/mol. The molecule has 1 aromatic heterocycles. The average molecular weight is 299 g/mol. The number of carbonyl (C=O) groups is 1. The Bertz CT molecular complexity index is 689. The van der Waals surface area contributed by atoms with Crippen molar-refractivity contribution in [2.45, 2.75) is 32.9 Å². The van der Waals surface area contributed by atoms with Gasteiger partial charge in [-0.2, -0.15) is 10.2 Å². The number of aryl methyl sites for hydroxylation is 1. The van der Waals surface area contributed by atoms with E-state index in [0.29, 0.717) is 30.2 Å². The second kappa shape index (κ2) is 7.22. The first kappa shape index (κ1) is 15.5. The van der Waals surface area contributed by atoms with Gasteiger partial charge in [0.2, 0.25) is 5.89 Å². The van der Waals surface area contributed by atoms with Crippen molar-refractivity contribution < 1.29 is 9.32 Å². The van der Waals surface area contributed by atoms with Gasteiger partial charge in [-0.15, -0.1) is 0 Å². The Morgan fingerprint density at radius 2 is 2.32 bits per heavy atom. The minimum atomic E-state index is -0.323. The maximum Gasteiger partial charge on any atom is 0.315 e. The van der Waals surface area contributed by atoms with Crippen LogP contribution in [-0.2, 0) is 6.54 Å². The second-order valence-electron chi connectivity index (χ2n) is 4.77. The van der Waals surface area contributed by atoms with Crippen molar-refractivity contribution >= 4 is 6.03 Å². The van der Waals surface area contributed by atoms with Crippen LogP contribution in [0.2, 0.25) is 0 Å². The van der Waals surface area contributed by atoms with Gasteiger partial charge in [0.1, 0.15) is 0 Å². The molecular weight excluding hydrogens is 282 g/mol. The normalized spacial score (nSPS) is 11.5. The Morgan fingerprint density at radius 3 is 2.95 bits per heavy atom. The molecule has 0 aliphatic heterocycles. The molecule has 114 valence electrons. The van der Waals surface area contributed by atoms with Crippen LogP contribution in [0.1, 0.15) is 42.2 Å². The number of nitriles is 1. The lowest BCUT2D eigenvalue weighted by atomic mass is 10.1. The summed E-state index contributed by atoms with van der Waals surface area (Å²) < 4.78 is 4.92. The summed E-state index contributed by atoms with van der Waals surface area (Å²) in [5, 5.41) is 18.2. The van der Waals surface area contributed by atoms with Crippen LogP contribution in [0.4, 0.5) is 4.79 Å². The summed E-state index contributed by atoms with van der Waals surface area (Å²) in [6.45, 7) is 3.96. The van der Waals surface area contributed by atoms with Crippen LogP contribution in [0, 0.1) is 18.3 Å². The Labute approximate surface area is 128 Å². The lowest BCUT2D eigenvalue weighted by Gasteiger charge is -2.14. The number of urea groups is 1. The summed E-state index contributed by atoms with van der Waals surface area (Å²) in [6, 6.07) is 8.52. The third-order valence-corrected chi connectivity index (χ3v) is 3.08. The van der Waals surface area contributed by atoms with Crippen molar-refractivity contribution in [2.75, 3.05) is 0 Å². The van der Waals surface area contributed by atoms with Crippen molar-refractivity contribution in [3.05, 3.63) is 47.1 Å². The quantitative estimate of drug-likeness (QED) is 0.880. The molecule has 0 radical (unpaired) electrons. The highest BCUT2D eigenvalue weighted by atomic mass is 16.5. The summed E-state index contributed by atoms with van der Waals surface area (Å²) in [6.07, 6.45) is 0.649. The fourth-order valence-corrected chi connectivity index (χ4v) is 1.95. The predicted octanol–water partition coefficient (Wildman–Crippen LogP) is 2.20. The van der Waals surface area contributed by atoms with Gasteiger partial charge in [0.05, 0.1) is 17.7 Å². The molecule has 1 atom stereocenters. The molecule has 2 rings (SSSR count). The number of aromatic nitrogens is 2. The average Bonchev–Trinajstić information content (AvgIpc) is 2.97. The minimum Gasteiger partial charge on any atom is -0.340 e. The largest absolute Gasteiger partial charge is 0.340 e. The molecule has 22 heavy (non-hydrogen) atoms. The van der Waals surface area contributed by atoms with E-state index in [9.17, 15) is 4.79 Å². The summed E-state index contributed by atoms with van der Waals surface area (Å²) in [4.78, 5) is 16.1. The van der Waals surface area contributed by atoms with Crippen LogP contribution >= 0.6 is 0 Å². The fourth-order valence-electron chi connectivity index (χ4n) is 1.95. The number of hydrogen-bond donors (Lipinski definition) is 2. The predicted molar refractivity (Wildman–Crippen MR) is 78.6 cm³/mol. The van der Waals surface area contributed by atoms with Gasteiger partial charge in [-0.05, 0) is 24.1 Å². The molecule has 0 aliphatic rings. The standard InChI is InChI=1S/C15H17N5O2/c1-3-13(14-18-10(2)22-20-14)19-15(21)17-9-12-6-4-5-11(7-12)8-16/h4-7,13H,3,9H2,1-2H3,(H2,17,19,21). The Balaban J connectivity index is 1.90. The van der Waals surface area contributed by atoms with E-state index in [1.807, 2.05) is 13.0 Å². The maximum absolute atomic E-state index is 11.9. The number of rotatable bonds is 5. The summed E-state index contributed by atoms with van der Waals surface area (Å²) >= 11 is 0. The molecule has 0 bridgehead atoms. The number of nitrogens with one attached hydrogen (secondary N) is 2. The molecule has 7 nitrogen and oxygen atoms in total. The Morgan fingerprint density at radius 1 is 1.50 bits per heavy atom. The Hall–Kier alpha value is -2.88. The van der Waals surface area contributed by atoms with Gasteiger partial charge < -0.3 is 15.2 Å². The smallest absolute Gasteiger partial charge is 0.315 e. The molecule has 0 spiro atoms. The van der Waals surface area contributed by atoms with Crippen LogP contribution in [0.3, 0.4) is 0 Å². The lowest BCUT2D eigenvalue weighted by Crippen LogP contribution is -2.37. The van der Waals surface area contributed by atoms with Gasteiger partial charge in [-0.1, -0.05) is 24.2 Å². The molecule has 2 amide bonds. The number of benzene rings is 1. The van der Waals surface area contributed by atoms with Crippen molar-refractivity contribution in [1.29, 1.82) is 5.26 Å². The van der Waals surface area contributed by atoms with Gasteiger partial charge in [-0.25, -0.2) is 4.79 Å². The van der Waals surface area contributed by atoms with Crippen LogP contribution in [-0.4, -0.2) is 16.2 Å².